The molecule has 7 nitrogen and oxygen atoms in total. The van der Waals surface area contributed by atoms with Crippen LogP contribution in [0.4, 0.5) is 19.0 Å². The Bertz CT molecular complexity index is 958. The zero-order valence-corrected chi connectivity index (χ0v) is 19.3. The molecule has 1 aliphatic heterocycles. The number of amides is 2. The number of carbonyl (C=O) groups excluding carboxylic acids is 2. The molecule has 180 valence electrons. The summed E-state index contributed by atoms with van der Waals surface area (Å²) in [6.45, 7) is 5.25. The van der Waals surface area contributed by atoms with E-state index >= 15 is 0 Å². The summed E-state index contributed by atoms with van der Waals surface area (Å²) in [7, 11) is 0. The number of benzene rings is 1. The summed E-state index contributed by atoms with van der Waals surface area (Å²) in [4.78, 5) is 26.6. The Morgan fingerprint density at radius 2 is 2.00 bits per heavy atom. The third-order valence-electron chi connectivity index (χ3n) is 5.33. The lowest BCUT2D eigenvalue weighted by Gasteiger charge is -2.32. The number of anilines is 1. The van der Waals surface area contributed by atoms with Crippen molar-refractivity contribution in [3.8, 4) is 0 Å². The predicted molar refractivity (Wildman–Crippen MR) is 120 cm³/mol. The van der Waals surface area contributed by atoms with Crippen LogP contribution >= 0.6 is 11.8 Å². The Morgan fingerprint density at radius 1 is 1.27 bits per heavy atom. The Kier molecular flexibility index (Phi) is 8.41. The van der Waals surface area contributed by atoms with E-state index in [1.165, 1.54) is 23.9 Å². The predicted octanol–water partition coefficient (Wildman–Crippen LogP) is 3.84. The number of piperidine rings is 1. The summed E-state index contributed by atoms with van der Waals surface area (Å²) in [5, 5.41) is 8.89. The molecule has 0 aliphatic carbocycles. The molecule has 0 spiro atoms. The van der Waals surface area contributed by atoms with Crippen LogP contribution in [0.3, 0.4) is 0 Å². The summed E-state index contributed by atoms with van der Waals surface area (Å²) in [5.74, 6) is 0.672. The van der Waals surface area contributed by atoms with Crippen molar-refractivity contribution >= 4 is 29.4 Å². The van der Waals surface area contributed by atoms with E-state index in [1.54, 1.807) is 26.0 Å². The number of carbonyl (C=O) groups is 2. The molecule has 1 atom stereocenters. The summed E-state index contributed by atoms with van der Waals surface area (Å²) in [6, 6.07) is 7.01. The maximum Gasteiger partial charge on any atom is 0.416 e. The number of aromatic nitrogens is 1. The third-order valence-corrected chi connectivity index (χ3v) is 6.47. The van der Waals surface area contributed by atoms with E-state index in [4.69, 9.17) is 4.52 Å². The number of aryl methyl sites for hydroxylation is 1. The van der Waals surface area contributed by atoms with Gasteiger partial charge in [0.2, 0.25) is 11.8 Å². The Labute approximate surface area is 194 Å². The highest BCUT2D eigenvalue weighted by molar-refractivity contribution is 8.01. The lowest BCUT2D eigenvalue weighted by atomic mass is 10.0. The van der Waals surface area contributed by atoms with Gasteiger partial charge in [-0.1, -0.05) is 23.4 Å². The van der Waals surface area contributed by atoms with E-state index in [1.807, 2.05) is 0 Å². The van der Waals surface area contributed by atoms with Gasteiger partial charge in [0.05, 0.1) is 16.6 Å². The van der Waals surface area contributed by atoms with Gasteiger partial charge in [-0.2, -0.15) is 13.2 Å². The first-order chi connectivity index (χ1) is 15.6. The largest absolute Gasteiger partial charge is 0.416 e. The van der Waals surface area contributed by atoms with Gasteiger partial charge in [0, 0.05) is 31.7 Å². The first-order valence-corrected chi connectivity index (χ1v) is 11.7. The molecule has 1 aliphatic rings. The third kappa shape index (κ3) is 7.78. The highest BCUT2D eigenvalue weighted by Gasteiger charge is 2.30. The minimum absolute atomic E-state index is 0.0121. The summed E-state index contributed by atoms with van der Waals surface area (Å²) >= 11 is 1.23. The van der Waals surface area contributed by atoms with Gasteiger partial charge in [0.1, 0.15) is 5.76 Å². The standard InChI is InChI=1S/C22H27F3N4O3S/c1-14-10-19(28-32-14)27-21(31)15(2)33-13-20(30)26-18-6-8-29(9-7-18)12-16-4-3-5-17(11-16)22(23,24)25/h3-5,10-11,15,18H,6-9,12-13H2,1-2H3,(H,26,30)(H,27,28,31). The molecule has 11 heteroatoms. The zero-order valence-electron chi connectivity index (χ0n) is 18.4. The van der Waals surface area contributed by atoms with Crippen LogP contribution in [0.15, 0.2) is 34.9 Å². The topological polar surface area (TPSA) is 87.5 Å². The molecule has 3 rings (SSSR count). The fourth-order valence-electron chi connectivity index (χ4n) is 3.54. The van der Waals surface area contributed by atoms with E-state index < -0.39 is 17.0 Å². The lowest BCUT2D eigenvalue weighted by molar-refractivity contribution is -0.137. The zero-order chi connectivity index (χ0) is 24.0. The molecule has 1 saturated heterocycles. The van der Waals surface area contributed by atoms with Gasteiger partial charge in [-0.15, -0.1) is 11.8 Å². The number of likely N-dealkylation sites (tertiary alicyclic amines) is 1. The number of alkyl halides is 3. The first-order valence-electron chi connectivity index (χ1n) is 10.6. The number of nitrogens with zero attached hydrogens (tertiary/aromatic N) is 2. The van der Waals surface area contributed by atoms with Gasteiger partial charge in [0.25, 0.3) is 0 Å². The molecule has 2 amide bonds. The van der Waals surface area contributed by atoms with Crippen LogP contribution in [0, 0.1) is 6.92 Å². The summed E-state index contributed by atoms with van der Waals surface area (Å²) < 4.78 is 43.6. The SMILES string of the molecule is Cc1cc(NC(=O)C(C)SCC(=O)NC2CCN(Cc3cccc(C(F)(F)F)c3)CC2)no1. The minimum atomic E-state index is -4.35. The van der Waals surface area contributed by atoms with Gasteiger partial charge < -0.3 is 15.2 Å². The number of nitrogens with one attached hydrogen (secondary N) is 2. The van der Waals surface area contributed by atoms with Crippen molar-refractivity contribution in [3.63, 3.8) is 0 Å². The van der Waals surface area contributed by atoms with Gasteiger partial charge in [-0.05, 0) is 38.3 Å². The van der Waals surface area contributed by atoms with E-state index in [0.717, 1.165) is 18.9 Å². The molecule has 1 aromatic heterocycles. The number of hydrogen-bond donors (Lipinski definition) is 2. The van der Waals surface area contributed by atoms with Crippen molar-refractivity contribution in [1.29, 1.82) is 0 Å². The van der Waals surface area contributed by atoms with Crippen LogP contribution in [-0.4, -0.2) is 52.0 Å². The summed E-state index contributed by atoms with van der Waals surface area (Å²) in [6.07, 6.45) is -2.91. The van der Waals surface area contributed by atoms with E-state index in [-0.39, 0.29) is 23.6 Å². The molecule has 1 unspecified atom stereocenters. The Hall–Kier alpha value is -2.53. The van der Waals surface area contributed by atoms with Crippen molar-refractivity contribution in [2.24, 2.45) is 0 Å². The van der Waals surface area contributed by atoms with E-state index in [0.29, 0.717) is 36.8 Å². The highest BCUT2D eigenvalue weighted by atomic mass is 32.2. The second-order valence-electron chi connectivity index (χ2n) is 8.08. The molecular formula is C22H27F3N4O3S. The van der Waals surface area contributed by atoms with E-state index in [2.05, 4.69) is 20.7 Å². The number of rotatable bonds is 8. The van der Waals surface area contributed by atoms with Crippen LogP contribution in [0.2, 0.25) is 0 Å². The van der Waals surface area contributed by atoms with Gasteiger partial charge in [-0.25, -0.2) is 0 Å². The second-order valence-corrected chi connectivity index (χ2v) is 9.41. The van der Waals surface area contributed by atoms with Crippen LogP contribution in [0.25, 0.3) is 0 Å². The molecular weight excluding hydrogens is 457 g/mol. The normalized spacial score (nSPS) is 16.4. The van der Waals surface area contributed by atoms with Crippen molar-refractivity contribution < 1.29 is 27.3 Å². The van der Waals surface area contributed by atoms with Crippen molar-refractivity contribution in [3.05, 3.63) is 47.2 Å². The molecule has 0 bridgehead atoms. The molecule has 0 saturated carbocycles. The van der Waals surface area contributed by atoms with Gasteiger partial charge in [0.15, 0.2) is 5.82 Å². The lowest BCUT2D eigenvalue weighted by Crippen LogP contribution is -2.45. The average molecular weight is 485 g/mol. The number of halogens is 3. The summed E-state index contributed by atoms with van der Waals surface area (Å²) in [5.41, 5.74) is -0.0181. The fraction of sp³-hybridized carbons (Fsp3) is 0.500. The quantitative estimate of drug-likeness (QED) is 0.592. The first kappa shape index (κ1) is 25.1. The van der Waals surface area contributed by atoms with Crippen molar-refractivity contribution in [2.45, 2.75) is 50.7 Å². The minimum Gasteiger partial charge on any atom is -0.360 e. The molecule has 1 fully saturated rings. The number of hydrogen-bond acceptors (Lipinski definition) is 6. The average Bonchev–Trinajstić information content (AvgIpc) is 3.17. The van der Waals surface area contributed by atoms with Crippen molar-refractivity contribution in [1.82, 2.24) is 15.4 Å². The monoisotopic (exact) mass is 484 g/mol. The Balaban J connectivity index is 1.36. The van der Waals surface area contributed by atoms with Gasteiger partial charge >= 0.3 is 6.18 Å². The van der Waals surface area contributed by atoms with Crippen LogP contribution < -0.4 is 10.6 Å². The molecule has 0 radical (unpaired) electrons. The fourth-order valence-corrected chi connectivity index (χ4v) is 4.23. The smallest absolute Gasteiger partial charge is 0.360 e. The van der Waals surface area contributed by atoms with Crippen LogP contribution in [0.1, 0.15) is 36.7 Å². The molecule has 2 heterocycles. The highest BCUT2D eigenvalue weighted by Crippen LogP contribution is 2.30. The molecule has 2 aromatic rings. The van der Waals surface area contributed by atoms with E-state index in [9.17, 15) is 22.8 Å². The van der Waals surface area contributed by atoms with Crippen LogP contribution in [0.5, 0.6) is 0 Å². The van der Waals surface area contributed by atoms with Gasteiger partial charge in [-0.3, -0.25) is 14.5 Å². The second kappa shape index (κ2) is 11.1. The molecule has 2 N–H and O–H groups in total. The number of thioether (sulfide) groups is 1. The maximum atomic E-state index is 12.9. The molecule has 1 aromatic carbocycles. The van der Waals surface area contributed by atoms with Crippen molar-refractivity contribution in [2.75, 3.05) is 24.2 Å². The maximum absolute atomic E-state index is 12.9. The molecule has 33 heavy (non-hydrogen) atoms. The van der Waals surface area contributed by atoms with Crippen LogP contribution in [-0.2, 0) is 22.3 Å². The Morgan fingerprint density at radius 3 is 2.64 bits per heavy atom.